The van der Waals surface area contributed by atoms with Gasteiger partial charge in [0.2, 0.25) is 0 Å². The minimum absolute atomic E-state index is 0.0849. The second kappa shape index (κ2) is 8.72. The molecule has 0 saturated carbocycles. The van der Waals surface area contributed by atoms with Gasteiger partial charge in [-0.25, -0.2) is 0 Å². The van der Waals surface area contributed by atoms with E-state index in [1.54, 1.807) is 12.1 Å². The van der Waals surface area contributed by atoms with Crippen molar-refractivity contribution in [2.75, 3.05) is 31.2 Å². The number of hydrogen-bond donors (Lipinski definition) is 1. The summed E-state index contributed by atoms with van der Waals surface area (Å²) in [6.07, 6.45) is 0.120. The molecular weight excluding hydrogens is 328 g/mol. The topological polar surface area (TPSA) is 50.8 Å². The molecule has 1 saturated heterocycles. The summed E-state index contributed by atoms with van der Waals surface area (Å²) < 4.78 is 11.0. The Balaban J connectivity index is 1.52. The summed E-state index contributed by atoms with van der Waals surface area (Å²) in [5.74, 6) is 0.689. The van der Waals surface area contributed by atoms with E-state index in [1.165, 1.54) is 5.69 Å². The molecule has 0 spiro atoms. The Morgan fingerprint density at radius 2 is 1.73 bits per heavy atom. The smallest absolute Gasteiger partial charge is 0.251 e. The van der Waals surface area contributed by atoms with E-state index in [0.717, 1.165) is 37.6 Å². The standard InChI is InChI=1S/C21H26N2O3/c1-16(2)26-20-9-5-18(6-10-20)21(24)22-15-17-3-7-19(8-4-17)23-11-13-25-14-12-23/h3-10,16H,11-15H2,1-2H3,(H,22,24). The third-order valence-electron chi connectivity index (χ3n) is 4.25. The van der Waals surface area contributed by atoms with Crippen molar-refractivity contribution < 1.29 is 14.3 Å². The largest absolute Gasteiger partial charge is 0.491 e. The van der Waals surface area contributed by atoms with Gasteiger partial charge in [0.25, 0.3) is 5.91 Å². The van der Waals surface area contributed by atoms with Crippen LogP contribution in [0.1, 0.15) is 29.8 Å². The zero-order valence-corrected chi connectivity index (χ0v) is 15.4. The highest BCUT2D eigenvalue weighted by Crippen LogP contribution is 2.17. The molecule has 0 atom stereocenters. The number of nitrogens with one attached hydrogen (secondary N) is 1. The average Bonchev–Trinajstić information content (AvgIpc) is 2.67. The summed E-state index contributed by atoms with van der Waals surface area (Å²) in [6.45, 7) is 7.86. The first-order chi connectivity index (χ1) is 12.6. The molecule has 1 heterocycles. The Morgan fingerprint density at radius 1 is 1.08 bits per heavy atom. The molecule has 1 aliphatic heterocycles. The van der Waals surface area contributed by atoms with Crippen molar-refractivity contribution in [1.29, 1.82) is 0 Å². The quantitative estimate of drug-likeness (QED) is 0.865. The molecule has 5 heteroatoms. The molecular formula is C21H26N2O3. The van der Waals surface area contributed by atoms with Gasteiger partial charge in [-0.05, 0) is 55.8 Å². The van der Waals surface area contributed by atoms with Crippen molar-refractivity contribution in [3.8, 4) is 5.75 Å². The summed E-state index contributed by atoms with van der Waals surface area (Å²) in [5, 5.41) is 2.96. The molecule has 0 bridgehead atoms. The monoisotopic (exact) mass is 354 g/mol. The van der Waals surface area contributed by atoms with E-state index in [2.05, 4.69) is 34.5 Å². The van der Waals surface area contributed by atoms with Crippen LogP contribution in [0, 0.1) is 0 Å². The fourth-order valence-electron chi connectivity index (χ4n) is 2.89. The number of hydrogen-bond acceptors (Lipinski definition) is 4. The maximum Gasteiger partial charge on any atom is 0.251 e. The molecule has 2 aromatic rings. The van der Waals surface area contributed by atoms with Crippen LogP contribution in [0.2, 0.25) is 0 Å². The molecule has 0 aliphatic carbocycles. The second-order valence-electron chi connectivity index (χ2n) is 6.64. The first-order valence-electron chi connectivity index (χ1n) is 9.08. The van der Waals surface area contributed by atoms with Gasteiger partial charge in [-0.15, -0.1) is 0 Å². The molecule has 5 nitrogen and oxygen atoms in total. The molecule has 0 unspecified atom stereocenters. The number of carbonyl (C=O) groups is 1. The first-order valence-corrected chi connectivity index (χ1v) is 9.08. The minimum Gasteiger partial charge on any atom is -0.491 e. The van der Waals surface area contributed by atoms with Gasteiger partial charge >= 0.3 is 0 Å². The van der Waals surface area contributed by atoms with E-state index < -0.39 is 0 Å². The van der Waals surface area contributed by atoms with Crippen molar-refractivity contribution in [1.82, 2.24) is 5.32 Å². The Hall–Kier alpha value is -2.53. The first kappa shape index (κ1) is 18.3. The molecule has 26 heavy (non-hydrogen) atoms. The molecule has 2 aromatic carbocycles. The van der Waals surface area contributed by atoms with Crippen LogP contribution in [0.5, 0.6) is 5.75 Å². The van der Waals surface area contributed by atoms with E-state index in [1.807, 2.05) is 26.0 Å². The fraction of sp³-hybridized carbons (Fsp3) is 0.381. The molecule has 0 radical (unpaired) electrons. The van der Waals surface area contributed by atoms with Crippen LogP contribution in [0.4, 0.5) is 5.69 Å². The van der Waals surface area contributed by atoms with Crippen LogP contribution >= 0.6 is 0 Å². The maximum atomic E-state index is 12.3. The van der Waals surface area contributed by atoms with E-state index in [-0.39, 0.29) is 12.0 Å². The summed E-state index contributed by atoms with van der Waals surface area (Å²) >= 11 is 0. The van der Waals surface area contributed by atoms with E-state index in [4.69, 9.17) is 9.47 Å². The molecule has 1 amide bonds. The maximum absolute atomic E-state index is 12.3. The van der Waals surface area contributed by atoms with Gasteiger partial charge in [0, 0.05) is 30.9 Å². The van der Waals surface area contributed by atoms with Gasteiger partial charge in [-0.2, -0.15) is 0 Å². The summed E-state index contributed by atoms with van der Waals surface area (Å²) in [4.78, 5) is 14.6. The van der Waals surface area contributed by atoms with Gasteiger partial charge in [0.1, 0.15) is 5.75 Å². The normalized spacial score (nSPS) is 14.3. The lowest BCUT2D eigenvalue weighted by atomic mass is 10.1. The highest BCUT2D eigenvalue weighted by atomic mass is 16.5. The highest BCUT2D eigenvalue weighted by molar-refractivity contribution is 5.94. The third-order valence-corrected chi connectivity index (χ3v) is 4.25. The number of carbonyl (C=O) groups excluding carboxylic acids is 1. The van der Waals surface area contributed by atoms with E-state index in [9.17, 15) is 4.79 Å². The van der Waals surface area contributed by atoms with Gasteiger partial charge in [-0.1, -0.05) is 12.1 Å². The van der Waals surface area contributed by atoms with Crippen molar-refractivity contribution in [3.63, 3.8) is 0 Å². The lowest BCUT2D eigenvalue weighted by Gasteiger charge is -2.28. The van der Waals surface area contributed by atoms with E-state index >= 15 is 0 Å². The van der Waals surface area contributed by atoms with Crippen LogP contribution in [0.15, 0.2) is 48.5 Å². The molecule has 138 valence electrons. The van der Waals surface area contributed by atoms with Crippen LogP contribution in [-0.4, -0.2) is 38.3 Å². The predicted molar refractivity (Wildman–Crippen MR) is 103 cm³/mol. The average molecular weight is 354 g/mol. The number of ether oxygens (including phenoxy) is 2. The van der Waals surface area contributed by atoms with E-state index in [0.29, 0.717) is 12.1 Å². The molecule has 1 aliphatic rings. The second-order valence-corrected chi connectivity index (χ2v) is 6.64. The van der Waals surface area contributed by atoms with Gasteiger partial charge < -0.3 is 19.7 Å². The van der Waals surface area contributed by atoms with Crippen LogP contribution in [-0.2, 0) is 11.3 Å². The molecule has 3 rings (SSSR count). The van der Waals surface area contributed by atoms with Crippen molar-refractivity contribution in [3.05, 3.63) is 59.7 Å². The lowest BCUT2D eigenvalue weighted by molar-refractivity contribution is 0.0951. The van der Waals surface area contributed by atoms with Crippen molar-refractivity contribution in [2.45, 2.75) is 26.5 Å². The third kappa shape index (κ3) is 4.99. The minimum atomic E-state index is -0.0849. The summed E-state index contributed by atoms with van der Waals surface area (Å²) in [6, 6.07) is 15.5. The number of amides is 1. The number of nitrogens with zero attached hydrogens (tertiary/aromatic N) is 1. The number of morpholine rings is 1. The lowest BCUT2D eigenvalue weighted by Crippen LogP contribution is -2.36. The van der Waals surface area contributed by atoms with Gasteiger partial charge in [-0.3, -0.25) is 4.79 Å². The Morgan fingerprint density at radius 3 is 2.35 bits per heavy atom. The van der Waals surface area contributed by atoms with Crippen molar-refractivity contribution in [2.24, 2.45) is 0 Å². The zero-order chi connectivity index (χ0) is 18.4. The van der Waals surface area contributed by atoms with Crippen LogP contribution < -0.4 is 15.0 Å². The predicted octanol–water partition coefficient (Wildman–Crippen LogP) is 3.24. The fourth-order valence-corrected chi connectivity index (χ4v) is 2.89. The summed E-state index contributed by atoms with van der Waals surface area (Å²) in [5.41, 5.74) is 2.91. The summed E-state index contributed by atoms with van der Waals surface area (Å²) in [7, 11) is 0. The van der Waals surface area contributed by atoms with Gasteiger partial charge in [0.05, 0.1) is 19.3 Å². The highest BCUT2D eigenvalue weighted by Gasteiger charge is 2.11. The Kier molecular flexibility index (Phi) is 6.12. The Labute approximate surface area is 154 Å². The van der Waals surface area contributed by atoms with Crippen LogP contribution in [0.25, 0.3) is 0 Å². The number of anilines is 1. The molecule has 1 N–H and O–H groups in total. The Bertz CT molecular complexity index is 705. The zero-order valence-electron chi connectivity index (χ0n) is 15.4. The SMILES string of the molecule is CC(C)Oc1ccc(C(=O)NCc2ccc(N3CCOCC3)cc2)cc1. The van der Waals surface area contributed by atoms with Crippen LogP contribution in [0.3, 0.4) is 0 Å². The number of rotatable bonds is 6. The van der Waals surface area contributed by atoms with Gasteiger partial charge in [0.15, 0.2) is 0 Å². The van der Waals surface area contributed by atoms with Crippen molar-refractivity contribution >= 4 is 11.6 Å². The molecule has 0 aromatic heterocycles. The number of benzene rings is 2. The molecule has 1 fully saturated rings.